The van der Waals surface area contributed by atoms with Gasteiger partial charge in [-0.05, 0) is 56.1 Å². The molecule has 3 saturated heterocycles. The van der Waals surface area contributed by atoms with Crippen LogP contribution in [0.5, 0.6) is 0 Å². The maximum Gasteiger partial charge on any atom is 0.263 e. The zero-order valence-corrected chi connectivity index (χ0v) is 15.5. The summed E-state index contributed by atoms with van der Waals surface area (Å²) in [5, 5.41) is 3.93. The summed E-state index contributed by atoms with van der Waals surface area (Å²) in [6.45, 7) is 3.35. The van der Waals surface area contributed by atoms with Gasteiger partial charge in [0.1, 0.15) is 4.88 Å². The molecular formula is C17H18ClN3OS2. The normalized spacial score (nSPS) is 25.6. The van der Waals surface area contributed by atoms with Gasteiger partial charge in [-0.1, -0.05) is 23.4 Å². The number of hydrogen-bond donors (Lipinski definition) is 1. The number of halogens is 1. The first kappa shape index (κ1) is 16.4. The van der Waals surface area contributed by atoms with Crippen molar-refractivity contribution in [2.75, 3.05) is 19.6 Å². The van der Waals surface area contributed by atoms with E-state index in [1.807, 2.05) is 24.3 Å². The van der Waals surface area contributed by atoms with Crippen LogP contribution in [-0.4, -0.2) is 41.5 Å². The molecule has 3 aliphatic rings. The van der Waals surface area contributed by atoms with E-state index in [9.17, 15) is 4.79 Å². The predicted molar refractivity (Wildman–Crippen MR) is 98.1 cm³/mol. The summed E-state index contributed by atoms with van der Waals surface area (Å²) in [7, 11) is 0. The third-order valence-corrected chi connectivity index (χ3v) is 7.03. The van der Waals surface area contributed by atoms with Crippen molar-refractivity contribution in [3.8, 4) is 0 Å². The van der Waals surface area contributed by atoms with E-state index >= 15 is 0 Å². The Morgan fingerprint density at radius 2 is 2.04 bits per heavy atom. The van der Waals surface area contributed by atoms with Crippen LogP contribution < -0.4 is 5.32 Å². The molecular weight excluding hydrogens is 362 g/mol. The van der Waals surface area contributed by atoms with Crippen molar-refractivity contribution in [1.82, 2.24) is 15.2 Å². The molecule has 0 spiro atoms. The van der Waals surface area contributed by atoms with Crippen LogP contribution in [0.4, 0.5) is 0 Å². The number of amides is 1. The molecule has 7 heteroatoms. The minimum absolute atomic E-state index is 0.00852. The highest BCUT2D eigenvalue weighted by atomic mass is 35.5. The van der Waals surface area contributed by atoms with Gasteiger partial charge in [-0.2, -0.15) is 0 Å². The lowest BCUT2D eigenvalue weighted by Gasteiger charge is -2.44. The molecule has 4 heterocycles. The molecule has 5 rings (SSSR count). The average Bonchev–Trinajstić information content (AvgIpc) is 3.07. The molecule has 0 radical (unpaired) electrons. The van der Waals surface area contributed by atoms with Crippen LogP contribution in [0.15, 0.2) is 39.7 Å². The fraction of sp³-hybridized carbons (Fsp3) is 0.412. The minimum Gasteiger partial charge on any atom is -0.347 e. The SMILES string of the molecule is O=C(N[C@H]1CN2CCC1CC2)c1cnc(Sc2ccc(Cl)cc2)s1. The van der Waals surface area contributed by atoms with E-state index < -0.39 is 0 Å². The fourth-order valence-electron chi connectivity index (χ4n) is 3.38. The van der Waals surface area contributed by atoms with E-state index in [1.165, 1.54) is 37.3 Å². The van der Waals surface area contributed by atoms with Gasteiger partial charge in [-0.3, -0.25) is 4.79 Å². The molecule has 1 N–H and O–H groups in total. The standard InChI is InChI=1S/C17H18ClN3OS2/c18-12-1-3-13(4-2-12)23-17-19-9-15(24-17)16(22)20-14-10-21-7-5-11(14)6-8-21/h1-4,9,11,14H,5-8,10H2,(H,20,22)/t14-/m0/s1. The third kappa shape index (κ3) is 3.61. The van der Waals surface area contributed by atoms with Crippen molar-refractivity contribution in [2.45, 2.75) is 28.1 Å². The molecule has 126 valence electrons. The first-order valence-electron chi connectivity index (χ1n) is 8.10. The Bertz CT molecular complexity index is 726. The number of piperidine rings is 3. The summed E-state index contributed by atoms with van der Waals surface area (Å²) in [6.07, 6.45) is 4.08. The number of hydrogen-bond acceptors (Lipinski definition) is 5. The van der Waals surface area contributed by atoms with Crippen molar-refractivity contribution in [1.29, 1.82) is 0 Å². The number of aromatic nitrogens is 1. The Morgan fingerprint density at radius 3 is 2.71 bits per heavy atom. The van der Waals surface area contributed by atoms with Crippen molar-refractivity contribution in [3.63, 3.8) is 0 Å². The van der Waals surface area contributed by atoms with Crippen LogP contribution in [-0.2, 0) is 0 Å². The molecule has 4 nitrogen and oxygen atoms in total. The lowest BCUT2D eigenvalue weighted by molar-refractivity contribution is 0.0622. The second kappa shape index (κ2) is 7.04. The van der Waals surface area contributed by atoms with Gasteiger partial charge in [0.05, 0.1) is 6.20 Å². The van der Waals surface area contributed by atoms with Crippen LogP contribution in [0.3, 0.4) is 0 Å². The third-order valence-electron chi connectivity index (χ3n) is 4.70. The summed E-state index contributed by atoms with van der Waals surface area (Å²) in [5.74, 6) is 0.643. The Morgan fingerprint density at radius 1 is 1.29 bits per heavy atom. The van der Waals surface area contributed by atoms with Gasteiger partial charge in [0.25, 0.3) is 5.91 Å². The van der Waals surface area contributed by atoms with Gasteiger partial charge in [-0.15, -0.1) is 11.3 Å². The number of thiazole rings is 1. The molecule has 3 fully saturated rings. The van der Waals surface area contributed by atoms with Gasteiger partial charge in [0.15, 0.2) is 4.34 Å². The number of benzene rings is 1. The molecule has 24 heavy (non-hydrogen) atoms. The Hall–Kier alpha value is -1.08. The first-order valence-corrected chi connectivity index (χ1v) is 10.1. The molecule has 0 saturated carbocycles. The Kier molecular flexibility index (Phi) is 4.81. The molecule has 1 atom stereocenters. The summed E-state index contributed by atoms with van der Waals surface area (Å²) in [5.41, 5.74) is 0. The highest BCUT2D eigenvalue weighted by Crippen LogP contribution is 2.32. The highest BCUT2D eigenvalue weighted by Gasteiger charge is 2.35. The van der Waals surface area contributed by atoms with Crippen molar-refractivity contribution in [2.24, 2.45) is 5.92 Å². The lowest BCUT2D eigenvalue weighted by Crippen LogP contribution is -2.57. The molecule has 1 aromatic heterocycles. The zero-order valence-electron chi connectivity index (χ0n) is 13.1. The van der Waals surface area contributed by atoms with Crippen LogP contribution in [0, 0.1) is 5.92 Å². The average molecular weight is 380 g/mol. The number of nitrogens with one attached hydrogen (secondary N) is 1. The maximum atomic E-state index is 12.5. The van der Waals surface area contributed by atoms with Crippen LogP contribution in [0.2, 0.25) is 5.02 Å². The van der Waals surface area contributed by atoms with Gasteiger partial charge < -0.3 is 10.2 Å². The van der Waals surface area contributed by atoms with E-state index in [2.05, 4.69) is 15.2 Å². The number of fused-ring (bicyclic) bond motifs is 3. The van der Waals surface area contributed by atoms with E-state index in [-0.39, 0.29) is 11.9 Å². The van der Waals surface area contributed by atoms with Crippen LogP contribution >= 0.6 is 34.7 Å². The lowest BCUT2D eigenvalue weighted by atomic mass is 9.84. The quantitative estimate of drug-likeness (QED) is 0.878. The molecule has 2 aromatic rings. The van der Waals surface area contributed by atoms with Crippen molar-refractivity contribution < 1.29 is 4.79 Å². The predicted octanol–water partition coefficient (Wildman–Crippen LogP) is 3.77. The van der Waals surface area contributed by atoms with E-state index in [1.54, 1.807) is 18.0 Å². The number of nitrogens with zero attached hydrogens (tertiary/aromatic N) is 2. The maximum absolute atomic E-state index is 12.5. The molecule has 2 bridgehead atoms. The van der Waals surface area contributed by atoms with Crippen LogP contribution in [0.25, 0.3) is 0 Å². The Balaban J connectivity index is 1.39. The van der Waals surface area contributed by atoms with Crippen molar-refractivity contribution >= 4 is 40.6 Å². The van der Waals surface area contributed by atoms with Gasteiger partial charge in [0.2, 0.25) is 0 Å². The molecule has 0 unspecified atom stereocenters. The second-order valence-corrected chi connectivity index (χ2v) is 9.05. The summed E-state index contributed by atoms with van der Waals surface area (Å²) in [6, 6.07) is 7.93. The summed E-state index contributed by atoms with van der Waals surface area (Å²) >= 11 is 8.90. The topological polar surface area (TPSA) is 45.2 Å². The largest absolute Gasteiger partial charge is 0.347 e. The van der Waals surface area contributed by atoms with Gasteiger partial charge in [-0.25, -0.2) is 4.98 Å². The highest BCUT2D eigenvalue weighted by molar-refractivity contribution is 8.01. The van der Waals surface area contributed by atoms with E-state index in [0.717, 1.165) is 20.8 Å². The second-order valence-electron chi connectivity index (χ2n) is 6.26. The first-order chi connectivity index (χ1) is 11.7. The molecule has 3 aliphatic heterocycles. The van der Waals surface area contributed by atoms with Gasteiger partial charge >= 0.3 is 0 Å². The summed E-state index contributed by atoms with van der Waals surface area (Å²) < 4.78 is 0.872. The van der Waals surface area contributed by atoms with E-state index in [0.29, 0.717) is 10.8 Å². The summed E-state index contributed by atoms with van der Waals surface area (Å²) in [4.78, 5) is 21.1. The van der Waals surface area contributed by atoms with Crippen LogP contribution in [0.1, 0.15) is 22.5 Å². The monoisotopic (exact) mass is 379 g/mol. The number of carbonyl (C=O) groups excluding carboxylic acids is 1. The van der Waals surface area contributed by atoms with Crippen molar-refractivity contribution in [3.05, 3.63) is 40.4 Å². The fourth-order valence-corrected chi connectivity index (χ4v) is 5.36. The Labute approximate surface area is 154 Å². The smallest absolute Gasteiger partial charge is 0.263 e. The number of rotatable bonds is 4. The zero-order chi connectivity index (χ0) is 16.5. The van der Waals surface area contributed by atoms with Gasteiger partial charge in [0, 0.05) is 22.5 Å². The molecule has 1 amide bonds. The molecule has 0 aliphatic carbocycles. The molecule has 1 aromatic carbocycles. The number of carbonyl (C=O) groups is 1. The minimum atomic E-state index is 0.00852. The van der Waals surface area contributed by atoms with E-state index in [4.69, 9.17) is 11.6 Å².